The van der Waals surface area contributed by atoms with Crippen LogP contribution in [0, 0.1) is 0 Å². The summed E-state index contributed by atoms with van der Waals surface area (Å²) in [5, 5.41) is 2.69. The maximum absolute atomic E-state index is 4.80. The molecular formula is C45H41N. The van der Waals surface area contributed by atoms with E-state index in [0.717, 1.165) is 25.8 Å². The molecule has 9 rings (SSSR count). The molecular weight excluding hydrogens is 555 g/mol. The molecule has 226 valence electrons. The molecule has 0 N–H and O–H groups in total. The van der Waals surface area contributed by atoms with Crippen LogP contribution in [-0.4, -0.2) is 17.0 Å². The molecule has 5 aromatic carbocycles. The molecule has 4 aliphatic rings. The first-order valence-corrected chi connectivity index (χ1v) is 17.1. The van der Waals surface area contributed by atoms with Gasteiger partial charge in [-0.05, 0) is 97.8 Å². The summed E-state index contributed by atoms with van der Waals surface area (Å²) in [5.41, 5.74) is 18.0. The quantitative estimate of drug-likeness (QED) is 0.201. The van der Waals surface area contributed by atoms with Crippen LogP contribution >= 0.6 is 0 Å². The standard InChI is InChI=1S/C45H41N/c1-6-45(7-2)28(3)32-21-20-30(24-40(32)43-33-15-9-8-14-29(33)22-23-46(43)45)37-25-31-26-42-39(27-38(31)35-17-11-10-16-34(35)37)36-18-12-13-19-41(36)44(42,4)5/h8-22,24,26-27,37H,3,6-7,23,25H2,1-2,4-5H3. The SMILES string of the molecule is C=C1c2ccc(C3Cc4cc5c(cc4-c4ccccc43)-c3ccccc3C5(C)C)cc2C2=c3ccccc3=CCN2C1(CC)CC. The van der Waals surface area contributed by atoms with E-state index in [9.17, 15) is 0 Å². The summed E-state index contributed by atoms with van der Waals surface area (Å²) in [6.45, 7) is 15.2. The summed E-state index contributed by atoms with van der Waals surface area (Å²) < 4.78 is 0. The van der Waals surface area contributed by atoms with Crippen molar-refractivity contribution in [1.82, 2.24) is 4.90 Å². The average molecular weight is 596 g/mol. The van der Waals surface area contributed by atoms with E-state index in [4.69, 9.17) is 6.58 Å². The summed E-state index contributed by atoms with van der Waals surface area (Å²) in [6, 6.07) is 39.5. The maximum atomic E-state index is 4.80. The highest BCUT2D eigenvalue weighted by Gasteiger charge is 2.44. The lowest BCUT2D eigenvalue weighted by Crippen LogP contribution is -2.55. The second-order valence-corrected chi connectivity index (χ2v) is 14.3. The van der Waals surface area contributed by atoms with Crippen LogP contribution in [0.25, 0.3) is 39.6 Å². The van der Waals surface area contributed by atoms with Crippen LogP contribution in [0.2, 0.25) is 0 Å². The van der Waals surface area contributed by atoms with E-state index in [1.807, 2.05) is 0 Å². The van der Waals surface area contributed by atoms with Crippen LogP contribution in [0.4, 0.5) is 0 Å². The van der Waals surface area contributed by atoms with Crippen molar-refractivity contribution in [2.24, 2.45) is 0 Å². The van der Waals surface area contributed by atoms with Crippen molar-refractivity contribution in [3.8, 4) is 22.3 Å². The van der Waals surface area contributed by atoms with Crippen LogP contribution in [0.15, 0.2) is 110 Å². The van der Waals surface area contributed by atoms with Crippen LogP contribution < -0.4 is 10.4 Å². The zero-order valence-corrected chi connectivity index (χ0v) is 27.5. The van der Waals surface area contributed by atoms with Gasteiger partial charge in [0.1, 0.15) is 0 Å². The Morgan fingerprint density at radius 1 is 0.696 bits per heavy atom. The minimum Gasteiger partial charge on any atom is -0.357 e. The molecule has 2 heterocycles. The van der Waals surface area contributed by atoms with E-state index in [1.165, 1.54) is 82.9 Å². The largest absolute Gasteiger partial charge is 0.357 e. The molecule has 1 nitrogen and oxygen atoms in total. The number of nitrogens with zero attached hydrogens (tertiary/aromatic N) is 1. The molecule has 0 amide bonds. The number of fused-ring (bicyclic) bond motifs is 10. The van der Waals surface area contributed by atoms with Gasteiger partial charge < -0.3 is 4.90 Å². The smallest absolute Gasteiger partial charge is 0.0652 e. The van der Waals surface area contributed by atoms with Gasteiger partial charge in [-0.2, -0.15) is 0 Å². The van der Waals surface area contributed by atoms with Gasteiger partial charge in [0.15, 0.2) is 0 Å². The molecule has 1 atom stereocenters. The Labute approximate surface area is 273 Å². The Balaban J connectivity index is 1.24. The van der Waals surface area contributed by atoms with Gasteiger partial charge in [0, 0.05) is 28.7 Å². The zero-order chi connectivity index (χ0) is 31.4. The van der Waals surface area contributed by atoms with Gasteiger partial charge >= 0.3 is 0 Å². The lowest BCUT2D eigenvalue weighted by Gasteiger charge is -2.52. The fraction of sp³-hybridized carbons (Fsp3) is 0.244. The lowest BCUT2D eigenvalue weighted by atomic mass is 9.70. The predicted molar refractivity (Wildman–Crippen MR) is 193 cm³/mol. The van der Waals surface area contributed by atoms with Gasteiger partial charge in [-0.3, -0.25) is 0 Å². The highest BCUT2D eigenvalue weighted by Crippen LogP contribution is 2.54. The van der Waals surface area contributed by atoms with Gasteiger partial charge in [-0.15, -0.1) is 0 Å². The zero-order valence-electron chi connectivity index (χ0n) is 27.5. The maximum Gasteiger partial charge on any atom is 0.0652 e. The summed E-state index contributed by atoms with van der Waals surface area (Å²) in [4.78, 5) is 2.68. The molecule has 0 radical (unpaired) electrons. The minimum absolute atomic E-state index is 0.00383. The number of hydrogen-bond donors (Lipinski definition) is 0. The molecule has 1 unspecified atom stereocenters. The van der Waals surface area contributed by atoms with Crippen molar-refractivity contribution in [2.45, 2.75) is 63.8 Å². The molecule has 0 saturated carbocycles. The van der Waals surface area contributed by atoms with E-state index in [-0.39, 0.29) is 16.9 Å². The van der Waals surface area contributed by atoms with Gasteiger partial charge in [0.05, 0.1) is 11.2 Å². The third kappa shape index (κ3) is 3.52. The molecule has 5 aromatic rings. The molecule has 0 fully saturated rings. The van der Waals surface area contributed by atoms with Crippen molar-refractivity contribution in [1.29, 1.82) is 0 Å². The van der Waals surface area contributed by atoms with Crippen LogP contribution in [0.1, 0.15) is 85.4 Å². The third-order valence-electron chi connectivity index (χ3n) is 12.1. The van der Waals surface area contributed by atoms with Crippen molar-refractivity contribution in [3.63, 3.8) is 0 Å². The molecule has 0 saturated heterocycles. The average Bonchev–Trinajstić information content (AvgIpc) is 3.32. The third-order valence-corrected chi connectivity index (χ3v) is 12.1. The monoisotopic (exact) mass is 595 g/mol. The van der Waals surface area contributed by atoms with Gasteiger partial charge in [-0.1, -0.05) is 131 Å². The Morgan fingerprint density at radius 3 is 2.26 bits per heavy atom. The molecule has 0 spiro atoms. The van der Waals surface area contributed by atoms with E-state index < -0.39 is 0 Å². The summed E-state index contributed by atoms with van der Waals surface area (Å²) in [5.74, 6) is 0.288. The Bertz CT molecular complexity index is 2240. The predicted octanol–water partition coefficient (Wildman–Crippen LogP) is 9.19. The van der Waals surface area contributed by atoms with Crippen molar-refractivity contribution in [2.75, 3.05) is 6.54 Å². The summed E-state index contributed by atoms with van der Waals surface area (Å²) in [6.07, 6.45) is 5.50. The van der Waals surface area contributed by atoms with E-state index >= 15 is 0 Å². The number of rotatable bonds is 3. The molecule has 2 aliphatic heterocycles. The van der Waals surface area contributed by atoms with Crippen LogP contribution in [0.5, 0.6) is 0 Å². The van der Waals surface area contributed by atoms with E-state index in [0.29, 0.717) is 0 Å². The first-order chi connectivity index (χ1) is 22.4. The summed E-state index contributed by atoms with van der Waals surface area (Å²) in [7, 11) is 0. The minimum atomic E-state index is -0.0744. The molecule has 46 heavy (non-hydrogen) atoms. The fourth-order valence-electron chi connectivity index (χ4n) is 9.59. The molecule has 0 bridgehead atoms. The molecule has 0 aromatic heterocycles. The normalized spacial score (nSPS) is 19.1. The number of benzene rings is 5. The highest BCUT2D eigenvalue weighted by atomic mass is 15.2. The second kappa shape index (κ2) is 9.69. The highest BCUT2D eigenvalue weighted by molar-refractivity contribution is 5.90. The molecule has 1 heteroatoms. The molecule has 2 aliphatic carbocycles. The first-order valence-electron chi connectivity index (χ1n) is 17.1. The second-order valence-electron chi connectivity index (χ2n) is 14.3. The topological polar surface area (TPSA) is 3.24 Å². The van der Waals surface area contributed by atoms with Crippen molar-refractivity contribution < 1.29 is 0 Å². The van der Waals surface area contributed by atoms with Gasteiger partial charge in [0.2, 0.25) is 0 Å². The fourth-order valence-corrected chi connectivity index (χ4v) is 9.59. The summed E-state index contributed by atoms with van der Waals surface area (Å²) >= 11 is 0. The van der Waals surface area contributed by atoms with Crippen LogP contribution in [-0.2, 0) is 11.8 Å². The Hall–Kier alpha value is -4.62. The number of hydrogen-bond acceptors (Lipinski definition) is 1. The first kappa shape index (κ1) is 27.7. The van der Waals surface area contributed by atoms with Gasteiger partial charge in [-0.25, -0.2) is 0 Å². The van der Waals surface area contributed by atoms with Crippen molar-refractivity contribution in [3.05, 3.63) is 159 Å². The van der Waals surface area contributed by atoms with E-state index in [2.05, 4.69) is 142 Å². The van der Waals surface area contributed by atoms with Crippen LogP contribution in [0.3, 0.4) is 0 Å². The Kier molecular flexibility index (Phi) is 5.83. The van der Waals surface area contributed by atoms with E-state index in [1.54, 1.807) is 0 Å². The lowest BCUT2D eigenvalue weighted by molar-refractivity contribution is 0.224. The van der Waals surface area contributed by atoms with Gasteiger partial charge in [0.25, 0.3) is 0 Å². The van der Waals surface area contributed by atoms with Crippen molar-refractivity contribution >= 4 is 17.3 Å². The Morgan fingerprint density at radius 2 is 1.43 bits per heavy atom.